The van der Waals surface area contributed by atoms with Gasteiger partial charge in [0.05, 0.1) is 13.2 Å². The van der Waals surface area contributed by atoms with Crippen molar-refractivity contribution in [2.45, 2.75) is 18.9 Å². The van der Waals surface area contributed by atoms with E-state index in [0.717, 1.165) is 12.0 Å². The third-order valence-corrected chi connectivity index (χ3v) is 3.92. The molecule has 0 aliphatic rings. The van der Waals surface area contributed by atoms with Gasteiger partial charge in [-0.3, -0.25) is 4.79 Å². The maximum absolute atomic E-state index is 11.8. The maximum Gasteiger partial charge on any atom is 0.220 e. The Morgan fingerprint density at radius 1 is 1.43 bits per heavy atom. The first-order valence-corrected chi connectivity index (χ1v) is 7.73. The maximum atomic E-state index is 11.8. The van der Waals surface area contributed by atoms with Crippen LogP contribution in [0.2, 0.25) is 0 Å². The van der Waals surface area contributed by atoms with Crippen LogP contribution in [0.25, 0.3) is 0 Å². The Kier molecular flexibility index (Phi) is 5.78. The lowest BCUT2D eigenvalue weighted by molar-refractivity contribution is -0.121. The minimum Gasteiger partial charge on any atom is -0.497 e. The van der Waals surface area contributed by atoms with Crippen molar-refractivity contribution >= 4 is 17.2 Å². The minimum absolute atomic E-state index is 0.0526. The zero-order valence-electron chi connectivity index (χ0n) is 11.9. The van der Waals surface area contributed by atoms with E-state index in [2.05, 4.69) is 5.32 Å². The van der Waals surface area contributed by atoms with Crippen LogP contribution < -0.4 is 10.1 Å². The molecule has 1 aromatic carbocycles. The van der Waals surface area contributed by atoms with Crippen molar-refractivity contribution in [3.63, 3.8) is 0 Å². The molecule has 2 N–H and O–H groups in total. The van der Waals surface area contributed by atoms with Crippen LogP contribution >= 0.6 is 11.3 Å². The third-order valence-electron chi connectivity index (χ3n) is 3.19. The first-order valence-electron chi connectivity index (χ1n) is 6.79. The summed E-state index contributed by atoms with van der Waals surface area (Å²) < 4.78 is 5.11. The summed E-state index contributed by atoms with van der Waals surface area (Å²) in [6, 6.07) is 9.22. The fourth-order valence-corrected chi connectivity index (χ4v) is 2.66. The van der Waals surface area contributed by atoms with Gasteiger partial charge in [-0.1, -0.05) is 12.1 Å². The van der Waals surface area contributed by atoms with Gasteiger partial charge in [0, 0.05) is 13.0 Å². The third kappa shape index (κ3) is 4.88. The summed E-state index contributed by atoms with van der Waals surface area (Å²) in [5, 5.41) is 16.9. The molecule has 0 aliphatic carbocycles. The van der Waals surface area contributed by atoms with E-state index in [-0.39, 0.29) is 12.5 Å². The molecule has 0 fully saturated rings. The Morgan fingerprint density at radius 2 is 2.29 bits per heavy atom. The molecule has 1 atom stereocenters. The van der Waals surface area contributed by atoms with E-state index in [1.54, 1.807) is 24.5 Å². The van der Waals surface area contributed by atoms with E-state index in [1.807, 2.05) is 35.0 Å². The Labute approximate surface area is 128 Å². The van der Waals surface area contributed by atoms with E-state index in [4.69, 9.17) is 4.74 Å². The quantitative estimate of drug-likeness (QED) is 0.826. The van der Waals surface area contributed by atoms with E-state index in [9.17, 15) is 9.90 Å². The summed E-state index contributed by atoms with van der Waals surface area (Å²) in [6.45, 7) is 0.204. The Hall–Kier alpha value is -1.85. The first kappa shape index (κ1) is 15.5. The van der Waals surface area contributed by atoms with Crippen LogP contribution in [-0.2, 0) is 11.2 Å². The van der Waals surface area contributed by atoms with Crippen LogP contribution in [0.1, 0.15) is 23.7 Å². The number of thiophene rings is 1. The molecule has 0 aliphatic heterocycles. The number of carbonyl (C=O) groups is 1. The number of methoxy groups -OCH3 is 1. The van der Waals surface area contributed by atoms with Gasteiger partial charge in [0.25, 0.3) is 0 Å². The molecular formula is C16H19NO3S. The summed E-state index contributed by atoms with van der Waals surface area (Å²) in [4.78, 5) is 11.8. The number of rotatable bonds is 7. The summed E-state index contributed by atoms with van der Waals surface area (Å²) in [6.07, 6.45) is 0.428. The van der Waals surface area contributed by atoms with Crippen LogP contribution in [0, 0.1) is 0 Å². The normalized spacial score (nSPS) is 11.9. The highest BCUT2D eigenvalue weighted by molar-refractivity contribution is 7.07. The number of aliphatic hydroxyl groups excluding tert-OH is 1. The van der Waals surface area contributed by atoms with Crippen molar-refractivity contribution in [1.82, 2.24) is 5.32 Å². The van der Waals surface area contributed by atoms with Gasteiger partial charge in [0.15, 0.2) is 0 Å². The number of ether oxygens (including phenoxy) is 1. The van der Waals surface area contributed by atoms with Gasteiger partial charge in [-0.2, -0.15) is 11.3 Å². The molecule has 21 heavy (non-hydrogen) atoms. The number of aliphatic hydroxyl groups is 1. The van der Waals surface area contributed by atoms with Gasteiger partial charge in [0.1, 0.15) is 5.75 Å². The number of nitrogens with one attached hydrogen (secondary N) is 1. The molecule has 0 spiro atoms. The van der Waals surface area contributed by atoms with Crippen molar-refractivity contribution in [2.75, 3.05) is 13.7 Å². The smallest absolute Gasteiger partial charge is 0.220 e. The van der Waals surface area contributed by atoms with Crippen molar-refractivity contribution in [2.24, 2.45) is 0 Å². The molecule has 1 unspecified atom stereocenters. The highest BCUT2D eigenvalue weighted by atomic mass is 32.1. The standard InChI is InChI=1S/C16H19NO3S/c1-20-14-4-2-3-13(9-14)15(18)10-17-16(19)6-5-12-7-8-21-11-12/h2-4,7-9,11,15,18H,5-6,10H2,1H3,(H,17,19). The predicted octanol–water partition coefficient (Wildman–Crippen LogP) is 2.54. The largest absolute Gasteiger partial charge is 0.497 e. The predicted molar refractivity (Wildman–Crippen MR) is 83.6 cm³/mol. The Balaban J connectivity index is 1.77. The van der Waals surface area contributed by atoms with Gasteiger partial charge in [-0.15, -0.1) is 0 Å². The zero-order valence-corrected chi connectivity index (χ0v) is 12.7. The minimum atomic E-state index is -0.731. The average Bonchev–Trinajstić information content (AvgIpc) is 3.04. The number of carbonyl (C=O) groups excluding carboxylic acids is 1. The Morgan fingerprint density at radius 3 is 3.00 bits per heavy atom. The lowest BCUT2D eigenvalue weighted by atomic mass is 10.1. The van der Waals surface area contributed by atoms with E-state index >= 15 is 0 Å². The molecule has 5 heteroatoms. The number of hydrogen-bond donors (Lipinski definition) is 2. The second-order valence-electron chi connectivity index (χ2n) is 4.73. The molecule has 1 aromatic heterocycles. The highest BCUT2D eigenvalue weighted by Gasteiger charge is 2.10. The monoisotopic (exact) mass is 305 g/mol. The average molecular weight is 305 g/mol. The van der Waals surface area contributed by atoms with Gasteiger partial charge in [-0.05, 0) is 46.5 Å². The molecular weight excluding hydrogens is 286 g/mol. The van der Waals surface area contributed by atoms with Crippen LogP contribution in [0.15, 0.2) is 41.1 Å². The zero-order chi connectivity index (χ0) is 15.1. The van der Waals surface area contributed by atoms with E-state index in [1.165, 1.54) is 5.56 Å². The molecule has 4 nitrogen and oxygen atoms in total. The topological polar surface area (TPSA) is 58.6 Å². The molecule has 2 aromatic rings. The van der Waals surface area contributed by atoms with Crippen LogP contribution in [0.3, 0.4) is 0 Å². The van der Waals surface area contributed by atoms with Gasteiger partial charge < -0.3 is 15.2 Å². The lowest BCUT2D eigenvalue weighted by Crippen LogP contribution is -2.28. The van der Waals surface area contributed by atoms with Crippen LogP contribution in [0.5, 0.6) is 5.75 Å². The molecule has 2 rings (SSSR count). The van der Waals surface area contributed by atoms with Crippen LogP contribution in [-0.4, -0.2) is 24.7 Å². The SMILES string of the molecule is COc1cccc(C(O)CNC(=O)CCc2ccsc2)c1. The van der Waals surface area contributed by atoms with Crippen molar-refractivity contribution in [3.05, 3.63) is 52.2 Å². The number of amides is 1. The van der Waals surface area contributed by atoms with Crippen molar-refractivity contribution < 1.29 is 14.6 Å². The molecule has 0 saturated carbocycles. The first-order chi connectivity index (χ1) is 10.2. The summed E-state index contributed by atoms with van der Waals surface area (Å²) in [5.74, 6) is 0.637. The lowest BCUT2D eigenvalue weighted by Gasteiger charge is -2.13. The van der Waals surface area contributed by atoms with Crippen molar-refractivity contribution in [3.8, 4) is 5.75 Å². The second kappa shape index (κ2) is 7.81. The fourth-order valence-electron chi connectivity index (χ4n) is 1.96. The number of benzene rings is 1. The van der Waals surface area contributed by atoms with Gasteiger partial charge in [-0.25, -0.2) is 0 Å². The van der Waals surface area contributed by atoms with E-state index in [0.29, 0.717) is 12.2 Å². The molecule has 1 amide bonds. The van der Waals surface area contributed by atoms with Gasteiger partial charge in [0.2, 0.25) is 5.91 Å². The molecule has 0 radical (unpaired) electrons. The molecule has 0 bridgehead atoms. The van der Waals surface area contributed by atoms with Gasteiger partial charge >= 0.3 is 0 Å². The fraction of sp³-hybridized carbons (Fsp3) is 0.312. The molecule has 0 saturated heterocycles. The summed E-state index contributed by atoms with van der Waals surface area (Å²) >= 11 is 1.63. The van der Waals surface area contributed by atoms with Crippen molar-refractivity contribution in [1.29, 1.82) is 0 Å². The number of aryl methyl sites for hydroxylation is 1. The molecule has 1 heterocycles. The summed E-state index contributed by atoms with van der Waals surface area (Å²) in [5.41, 5.74) is 1.90. The molecule has 112 valence electrons. The summed E-state index contributed by atoms with van der Waals surface area (Å²) in [7, 11) is 1.58. The second-order valence-corrected chi connectivity index (χ2v) is 5.51. The number of hydrogen-bond acceptors (Lipinski definition) is 4. The highest BCUT2D eigenvalue weighted by Crippen LogP contribution is 2.18. The van der Waals surface area contributed by atoms with Crippen LogP contribution in [0.4, 0.5) is 0 Å². The Bertz CT molecular complexity index is 569. The van der Waals surface area contributed by atoms with E-state index < -0.39 is 6.10 Å².